The Hall–Kier alpha value is -1.27. The van der Waals surface area contributed by atoms with Crippen molar-refractivity contribution in [1.29, 1.82) is 0 Å². The second-order valence-corrected chi connectivity index (χ2v) is 7.95. The van der Waals surface area contributed by atoms with E-state index in [1.54, 1.807) is 0 Å². The number of hydrogen-bond acceptors (Lipinski definition) is 0. The molecular formula is C20H25Cl. The van der Waals surface area contributed by atoms with Gasteiger partial charge in [0.1, 0.15) is 0 Å². The molecule has 0 radical (unpaired) electrons. The molecule has 0 bridgehead atoms. The minimum absolute atomic E-state index is 0.105. The first-order chi connectivity index (χ1) is 9.68. The zero-order valence-corrected chi connectivity index (χ0v) is 14.5. The van der Waals surface area contributed by atoms with E-state index in [0.29, 0.717) is 0 Å². The van der Waals surface area contributed by atoms with Crippen molar-refractivity contribution in [3.8, 4) is 0 Å². The lowest BCUT2D eigenvalue weighted by molar-refractivity contribution is 0.522. The van der Waals surface area contributed by atoms with Crippen LogP contribution in [-0.4, -0.2) is 0 Å². The van der Waals surface area contributed by atoms with E-state index in [-0.39, 0.29) is 10.8 Å². The van der Waals surface area contributed by atoms with Crippen molar-refractivity contribution in [3.05, 3.63) is 70.2 Å². The van der Waals surface area contributed by atoms with Gasteiger partial charge in [-0.1, -0.05) is 82.6 Å². The van der Waals surface area contributed by atoms with Gasteiger partial charge in [0, 0.05) is 5.02 Å². The van der Waals surface area contributed by atoms with Gasteiger partial charge in [-0.2, -0.15) is 0 Å². The molecule has 0 unspecified atom stereocenters. The van der Waals surface area contributed by atoms with Crippen molar-refractivity contribution < 1.29 is 0 Å². The summed E-state index contributed by atoms with van der Waals surface area (Å²) in [5.74, 6) is 0. The molecule has 0 aliphatic heterocycles. The monoisotopic (exact) mass is 300 g/mol. The molecule has 0 saturated heterocycles. The number of halogens is 1. The zero-order chi connectivity index (χ0) is 15.7. The predicted octanol–water partition coefficient (Wildman–Crippen LogP) is 6.16. The van der Waals surface area contributed by atoms with Crippen LogP contribution >= 0.6 is 11.6 Å². The van der Waals surface area contributed by atoms with Crippen LogP contribution < -0.4 is 0 Å². The quantitative estimate of drug-likeness (QED) is 0.637. The molecule has 2 aromatic rings. The summed E-state index contributed by atoms with van der Waals surface area (Å²) in [7, 11) is 0. The summed E-state index contributed by atoms with van der Waals surface area (Å²) in [6.07, 6.45) is 1.03. The first kappa shape index (κ1) is 16.1. The molecule has 0 heterocycles. The topological polar surface area (TPSA) is 0 Å². The van der Waals surface area contributed by atoms with E-state index < -0.39 is 0 Å². The molecule has 2 rings (SSSR count). The van der Waals surface area contributed by atoms with E-state index in [4.69, 9.17) is 11.6 Å². The third kappa shape index (κ3) is 4.11. The summed E-state index contributed by atoms with van der Waals surface area (Å²) in [6.45, 7) is 11.3. The largest absolute Gasteiger partial charge is 0.0843 e. The second-order valence-electron chi connectivity index (χ2n) is 7.51. The van der Waals surface area contributed by atoms with Crippen LogP contribution in [0.2, 0.25) is 5.02 Å². The fourth-order valence-corrected chi connectivity index (χ4v) is 2.76. The highest BCUT2D eigenvalue weighted by Crippen LogP contribution is 2.30. The molecule has 112 valence electrons. The van der Waals surface area contributed by atoms with Crippen LogP contribution in [0.15, 0.2) is 48.5 Å². The third-order valence-electron chi connectivity index (χ3n) is 4.09. The fraction of sp³-hybridized carbons (Fsp3) is 0.400. The molecule has 0 nitrogen and oxygen atoms in total. The van der Waals surface area contributed by atoms with Crippen molar-refractivity contribution in [2.45, 2.75) is 51.9 Å². The van der Waals surface area contributed by atoms with Crippen LogP contribution in [0.5, 0.6) is 0 Å². The van der Waals surface area contributed by atoms with E-state index >= 15 is 0 Å². The number of hydrogen-bond donors (Lipinski definition) is 0. The lowest BCUT2D eigenvalue weighted by atomic mass is 9.78. The van der Waals surface area contributed by atoms with Crippen LogP contribution in [-0.2, 0) is 17.3 Å². The Bertz CT molecular complexity index is 583. The maximum absolute atomic E-state index is 5.98. The van der Waals surface area contributed by atoms with Crippen LogP contribution in [0, 0.1) is 0 Å². The molecule has 2 aromatic carbocycles. The van der Waals surface area contributed by atoms with Gasteiger partial charge in [0.2, 0.25) is 0 Å². The van der Waals surface area contributed by atoms with Crippen molar-refractivity contribution in [2.75, 3.05) is 0 Å². The van der Waals surface area contributed by atoms with Crippen molar-refractivity contribution in [3.63, 3.8) is 0 Å². The first-order valence-corrected chi connectivity index (χ1v) is 7.92. The molecule has 1 heteroatoms. The average Bonchev–Trinajstić information content (AvgIpc) is 2.38. The van der Waals surface area contributed by atoms with Crippen LogP contribution in [0.4, 0.5) is 0 Å². The van der Waals surface area contributed by atoms with E-state index in [1.807, 2.05) is 12.1 Å². The molecule has 0 fully saturated rings. The molecule has 0 N–H and O–H groups in total. The lowest BCUT2D eigenvalue weighted by Gasteiger charge is -2.26. The molecule has 0 saturated carbocycles. The zero-order valence-electron chi connectivity index (χ0n) is 13.7. The summed E-state index contributed by atoms with van der Waals surface area (Å²) in [5, 5.41) is 0.795. The summed E-state index contributed by atoms with van der Waals surface area (Å²) in [6, 6.07) is 17.2. The van der Waals surface area contributed by atoms with Crippen LogP contribution in [0.3, 0.4) is 0 Å². The second kappa shape index (κ2) is 5.85. The van der Waals surface area contributed by atoms with Gasteiger partial charge in [0.25, 0.3) is 0 Å². The lowest BCUT2D eigenvalue weighted by Crippen LogP contribution is -2.20. The molecule has 0 aromatic heterocycles. The highest BCUT2D eigenvalue weighted by Gasteiger charge is 2.21. The van der Waals surface area contributed by atoms with Crippen molar-refractivity contribution in [2.24, 2.45) is 0 Å². The summed E-state index contributed by atoms with van der Waals surface area (Å²) in [5.41, 5.74) is 4.41. The average molecular weight is 301 g/mol. The minimum atomic E-state index is 0.105. The normalized spacial score (nSPS) is 12.5. The smallest absolute Gasteiger partial charge is 0.0406 e. The Kier molecular flexibility index (Phi) is 4.49. The van der Waals surface area contributed by atoms with Gasteiger partial charge in [0.15, 0.2) is 0 Å². The van der Waals surface area contributed by atoms with Gasteiger partial charge in [0.05, 0.1) is 0 Å². The Morgan fingerprint density at radius 2 is 1.19 bits per heavy atom. The highest BCUT2D eigenvalue weighted by atomic mass is 35.5. The Balaban J connectivity index is 2.18. The van der Waals surface area contributed by atoms with E-state index in [2.05, 4.69) is 71.0 Å². The molecule has 0 aliphatic rings. The Morgan fingerprint density at radius 3 is 1.67 bits per heavy atom. The van der Waals surface area contributed by atoms with Crippen LogP contribution in [0.1, 0.15) is 51.3 Å². The summed E-state index contributed by atoms with van der Waals surface area (Å²) < 4.78 is 0. The van der Waals surface area contributed by atoms with E-state index in [0.717, 1.165) is 11.4 Å². The van der Waals surface area contributed by atoms with Crippen molar-refractivity contribution >= 4 is 11.6 Å². The maximum Gasteiger partial charge on any atom is 0.0406 e. The third-order valence-corrected chi connectivity index (χ3v) is 4.34. The van der Waals surface area contributed by atoms with Crippen molar-refractivity contribution in [1.82, 2.24) is 0 Å². The fourth-order valence-electron chi connectivity index (χ4n) is 2.64. The molecule has 0 spiro atoms. The van der Waals surface area contributed by atoms with Gasteiger partial charge >= 0.3 is 0 Å². The highest BCUT2D eigenvalue weighted by molar-refractivity contribution is 6.30. The number of benzene rings is 2. The molecular weight excluding hydrogens is 276 g/mol. The Labute approximate surface area is 134 Å². The standard InChI is InChI=1S/C20H25Cl/c1-19(2,3)16-8-6-15(7-9-16)14-20(4,5)17-10-12-18(21)13-11-17/h6-13H,14H2,1-5H3. The molecule has 0 amide bonds. The van der Waals surface area contributed by atoms with Gasteiger partial charge < -0.3 is 0 Å². The summed E-state index contributed by atoms with van der Waals surface area (Å²) >= 11 is 5.98. The SMILES string of the molecule is CC(C)(C)c1ccc(CC(C)(C)c2ccc(Cl)cc2)cc1. The van der Waals surface area contributed by atoms with E-state index in [9.17, 15) is 0 Å². The van der Waals surface area contributed by atoms with Crippen LogP contribution in [0.25, 0.3) is 0 Å². The molecule has 21 heavy (non-hydrogen) atoms. The van der Waals surface area contributed by atoms with Gasteiger partial charge in [-0.25, -0.2) is 0 Å². The first-order valence-electron chi connectivity index (χ1n) is 7.54. The maximum atomic E-state index is 5.98. The Morgan fingerprint density at radius 1 is 0.714 bits per heavy atom. The predicted molar refractivity (Wildman–Crippen MR) is 93.3 cm³/mol. The summed E-state index contributed by atoms with van der Waals surface area (Å²) in [4.78, 5) is 0. The van der Waals surface area contributed by atoms with Gasteiger partial charge in [-0.15, -0.1) is 0 Å². The molecule has 0 atom stereocenters. The molecule has 0 aliphatic carbocycles. The minimum Gasteiger partial charge on any atom is -0.0843 e. The van der Waals surface area contributed by atoms with Gasteiger partial charge in [-0.3, -0.25) is 0 Å². The van der Waals surface area contributed by atoms with Gasteiger partial charge in [-0.05, 0) is 46.1 Å². The number of rotatable bonds is 3. The van der Waals surface area contributed by atoms with E-state index in [1.165, 1.54) is 16.7 Å².